The number of nitrogens with zero attached hydrogens (tertiary/aromatic N) is 3. The molecule has 0 bridgehead atoms. The Morgan fingerprint density at radius 2 is 1.72 bits per heavy atom. The predicted octanol–water partition coefficient (Wildman–Crippen LogP) is 3.57. The Morgan fingerprint density at radius 3 is 2.36 bits per heavy atom. The van der Waals surface area contributed by atoms with Crippen molar-refractivity contribution in [1.29, 1.82) is 0 Å². The third kappa shape index (κ3) is 3.40. The average molecular weight is 337 g/mol. The van der Waals surface area contributed by atoms with Gasteiger partial charge in [-0.1, -0.05) is 55.5 Å². The van der Waals surface area contributed by atoms with Crippen molar-refractivity contribution < 1.29 is 15.3 Å². The third-order valence-electron chi connectivity index (χ3n) is 3.74. The minimum Gasteiger partial charge on any atom is -0.507 e. The summed E-state index contributed by atoms with van der Waals surface area (Å²) in [5.41, 5.74) is 5.42. The Labute approximate surface area is 144 Å². The quantitative estimate of drug-likeness (QED) is 0.616. The van der Waals surface area contributed by atoms with Crippen LogP contribution in [-0.2, 0) is 6.42 Å². The average Bonchev–Trinajstić information content (AvgIpc) is 2.62. The van der Waals surface area contributed by atoms with Gasteiger partial charge in [-0.25, -0.2) is 15.2 Å². The van der Waals surface area contributed by atoms with Crippen LogP contribution in [0.5, 0.6) is 5.75 Å². The fourth-order valence-electron chi connectivity index (χ4n) is 2.67. The van der Waals surface area contributed by atoms with Crippen molar-refractivity contribution in [1.82, 2.24) is 9.97 Å². The highest BCUT2D eigenvalue weighted by atomic mass is 16.7. The van der Waals surface area contributed by atoms with Gasteiger partial charge < -0.3 is 5.11 Å². The van der Waals surface area contributed by atoms with E-state index in [0.717, 1.165) is 5.56 Å². The molecule has 2 aromatic carbocycles. The van der Waals surface area contributed by atoms with Crippen molar-refractivity contribution in [3.05, 3.63) is 65.2 Å². The Morgan fingerprint density at radius 1 is 1.04 bits per heavy atom. The number of aromatic nitrogens is 2. The molecule has 7 nitrogen and oxygen atoms in total. The number of hydrazine groups is 1. The number of benzene rings is 2. The second-order valence-electron chi connectivity index (χ2n) is 5.34. The molecule has 0 atom stereocenters. The lowest BCUT2D eigenvalue weighted by Crippen LogP contribution is -2.15. The first-order valence-corrected chi connectivity index (χ1v) is 7.77. The minimum atomic E-state index is -0.441. The van der Waals surface area contributed by atoms with E-state index in [0.29, 0.717) is 28.9 Å². The predicted molar refractivity (Wildman–Crippen MR) is 93.0 cm³/mol. The van der Waals surface area contributed by atoms with Crippen LogP contribution in [0.25, 0.3) is 22.4 Å². The largest absolute Gasteiger partial charge is 0.507 e. The van der Waals surface area contributed by atoms with Gasteiger partial charge in [-0.05, 0) is 17.9 Å². The van der Waals surface area contributed by atoms with Crippen molar-refractivity contribution in [3.63, 3.8) is 0 Å². The van der Waals surface area contributed by atoms with Crippen LogP contribution in [-0.4, -0.2) is 25.3 Å². The molecule has 1 aromatic heterocycles. The van der Waals surface area contributed by atoms with Gasteiger partial charge in [0.1, 0.15) is 10.7 Å². The molecule has 0 aliphatic carbocycles. The summed E-state index contributed by atoms with van der Waals surface area (Å²) >= 11 is 0. The van der Waals surface area contributed by atoms with Crippen LogP contribution >= 0.6 is 0 Å². The molecule has 0 aliphatic rings. The van der Waals surface area contributed by atoms with Crippen molar-refractivity contribution in [2.24, 2.45) is 0 Å². The topological polar surface area (TPSA) is 98.4 Å². The SMILES string of the molecule is CCc1nc(N[N+](=O)O)nc(-c2ccccc2)c1-c1ccccc1O. The zero-order valence-electron chi connectivity index (χ0n) is 13.5. The lowest BCUT2D eigenvalue weighted by atomic mass is 9.96. The number of phenolic OH excluding ortho intramolecular Hbond substituents is 1. The number of aromatic hydroxyl groups is 1. The number of anilines is 1. The molecule has 0 unspecified atom stereocenters. The molecule has 0 aliphatic heterocycles. The fraction of sp³-hybridized carbons (Fsp3) is 0.111. The Kier molecular flexibility index (Phi) is 4.56. The Bertz CT molecular complexity index is 913. The fourth-order valence-corrected chi connectivity index (χ4v) is 2.67. The molecule has 1 heterocycles. The monoisotopic (exact) mass is 337 g/mol. The van der Waals surface area contributed by atoms with E-state index in [4.69, 9.17) is 5.21 Å². The van der Waals surface area contributed by atoms with E-state index < -0.39 is 5.03 Å². The molecule has 126 valence electrons. The van der Waals surface area contributed by atoms with E-state index in [1.54, 1.807) is 18.2 Å². The molecule has 3 rings (SSSR count). The maximum Gasteiger partial charge on any atom is 0.362 e. The van der Waals surface area contributed by atoms with Gasteiger partial charge in [-0.3, -0.25) is 0 Å². The van der Waals surface area contributed by atoms with Crippen molar-refractivity contribution >= 4 is 5.95 Å². The number of phenols is 1. The highest BCUT2D eigenvalue weighted by Crippen LogP contribution is 2.38. The molecule has 25 heavy (non-hydrogen) atoms. The van der Waals surface area contributed by atoms with Gasteiger partial charge in [-0.15, -0.1) is 0 Å². The molecule has 0 saturated heterocycles. The third-order valence-corrected chi connectivity index (χ3v) is 3.74. The summed E-state index contributed by atoms with van der Waals surface area (Å²) in [6, 6.07) is 16.3. The van der Waals surface area contributed by atoms with Crippen LogP contribution in [0.4, 0.5) is 5.95 Å². The Balaban J connectivity index is 2.32. The van der Waals surface area contributed by atoms with Gasteiger partial charge in [-0.2, -0.15) is 0 Å². The zero-order valence-corrected chi connectivity index (χ0v) is 13.5. The number of para-hydroxylation sites is 1. The summed E-state index contributed by atoms with van der Waals surface area (Å²) in [5, 5.41) is 18.8. The number of aryl methyl sites for hydroxylation is 1. The first kappa shape index (κ1) is 16.4. The normalized spacial score (nSPS) is 10.4. The van der Waals surface area contributed by atoms with E-state index in [1.165, 1.54) is 0 Å². The van der Waals surface area contributed by atoms with Gasteiger partial charge >= 0.3 is 5.03 Å². The van der Waals surface area contributed by atoms with Gasteiger partial charge in [0.15, 0.2) is 0 Å². The molecule has 0 fully saturated rings. The lowest BCUT2D eigenvalue weighted by Gasteiger charge is -2.15. The first-order valence-electron chi connectivity index (χ1n) is 7.77. The molecule has 0 amide bonds. The summed E-state index contributed by atoms with van der Waals surface area (Å²) in [6.45, 7) is 1.91. The zero-order chi connectivity index (χ0) is 17.8. The Hall–Kier alpha value is -3.48. The van der Waals surface area contributed by atoms with E-state index in [1.807, 2.05) is 43.3 Å². The molecule has 0 radical (unpaired) electrons. The molecule has 3 N–H and O–H groups in total. The number of hydrogen-bond donors (Lipinski definition) is 3. The standard InChI is InChI=1S/C18H16N4O3/c1-2-14-16(13-10-6-7-11-15(13)23)17(12-8-4-3-5-9-12)20-18(19-14)21-22(24)25/h3-11H,2H2,1H3,(H2-,19,20,21,23,24,25)/p+1. The maximum atomic E-state index is 10.9. The van der Waals surface area contributed by atoms with Crippen LogP contribution in [0.3, 0.4) is 0 Å². The van der Waals surface area contributed by atoms with Crippen LogP contribution in [0.15, 0.2) is 54.6 Å². The summed E-state index contributed by atoms with van der Waals surface area (Å²) in [5.74, 6) is 0.0960. The molecule has 0 spiro atoms. The second kappa shape index (κ2) is 6.96. The summed E-state index contributed by atoms with van der Waals surface area (Å²) in [7, 11) is 0. The van der Waals surface area contributed by atoms with E-state index in [-0.39, 0.29) is 11.7 Å². The van der Waals surface area contributed by atoms with Gasteiger partial charge in [0.05, 0.1) is 11.4 Å². The van der Waals surface area contributed by atoms with Crippen molar-refractivity contribution in [2.45, 2.75) is 13.3 Å². The molecule has 0 saturated carbocycles. The van der Waals surface area contributed by atoms with Crippen molar-refractivity contribution in [2.75, 3.05) is 5.43 Å². The second-order valence-corrected chi connectivity index (χ2v) is 5.34. The molecule has 7 heteroatoms. The van der Waals surface area contributed by atoms with E-state index >= 15 is 0 Å². The van der Waals surface area contributed by atoms with Crippen LogP contribution in [0, 0.1) is 4.91 Å². The van der Waals surface area contributed by atoms with Crippen molar-refractivity contribution in [3.8, 4) is 28.1 Å². The molecular formula is C18H17N4O3+. The van der Waals surface area contributed by atoms with Gasteiger partial charge in [0.25, 0.3) is 5.95 Å². The maximum absolute atomic E-state index is 10.9. The first-order chi connectivity index (χ1) is 12.1. The smallest absolute Gasteiger partial charge is 0.362 e. The number of rotatable bonds is 5. The summed E-state index contributed by atoms with van der Waals surface area (Å²) < 4.78 is 0. The van der Waals surface area contributed by atoms with Crippen LogP contribution < -0.4 is 5.43 Å². The van der Waals surface area contributed by atoms with E-state index in [2.05, 4.69) is 15.4 Å². The number of nitrogens with one attached hydrogen (secondary N) is 1. The summed E-state index contributed by atoms with van der Waals surface area (Å²) in [4.78, 5) is 19.6. The van der Waals surface area contributed by atoms with E-state index in [9.17, 15) is 10.0 Å². The molecule has 3 aromatic rings. The van der Waals surface area contributed by atoms with Crippen LogP contribution in [0.2, 0.25) is 0 Å². The van der Waals surface area contributed by atoms with Gasteiger partial charge in [0.2, 0.25) is 0 Å². The highest BCUT2D eigenvalue weighted by Gasteiger charge is 2.21. The minimum absolute atomic E-state index is 0.0210. The highest BCUT2D eigenvalue weighted by molar-refractivity contribution is 5.85. The van der Waals surface area contributed by atoms with Crippen LogP contribution in [0.1, 0.15) is 12.6 Å². The number of hydrogen-bond acceptors (Lipinski definition) is 4. The molecular weight excluding hydrogens is 320 g/mol. The van der Waals surface area contributed by atoms with Gasteiger partial charge in [0, 0.05) is 16.7 Å². The lowest BCUT2D eigenvalue weighted by molar-refractivity contribution is -0.770. The summed E-state index contributed by atoms with van der Waals surface area (Å²) in [6.07, 6.45) is 0.547.